The molecule has 0 amide bonds. The van der Waals surface area contributed by atoms with Gasteiger partial charge in [-0.3, -0.25) is 5.10 Å². The number of aromatic nitrogens is 2. The van der Waals surface area contributed by atoms with Crippen LogP contribution in [0.3, 0.4) is 0 Å². The van der Waals surface area contributed by atoms with E-state index in [1.165, 1.54) is 11.8 Å². The summed E-state index contributed by atoms with van der Waals surface area (Å²) in [5, 5.41) is 10.9. The lowest BCUT2D eigenvalue weighted by Gasteiger charge is -2.20. The van der Waals surface area contributed by atoms with Crippen LogP contribution in [0.2, 0.25) is 0 Å². The summed E-state index contributed by atoms with van der Waals surface area (Å²) in [5.41, 5.74) is 4.02. The van der Waals surface area contributed by atoms with E-state index in [0.29, 0.717) is 5.92 Å². The highest BCUT2D eigenvalue weighted by molar-refractivity contribution is 5.63. The molecule has 0 unspecified atom stereocenters. The molecule has 1 saturated heterocycles. The third-order valence-corrected chi connectivity index (χ3v) is 3.84. The Labute approximate surface area is 112 Å². The molecule has 1 aliphatic heterocycles. The molecule has 2 heterocycles. The number of rotatable bonds is 2. The third kappa shape index (κ3) is 2.54. The Hall–Kier alpha value is -1.68. The van der Waals surface area contributed by atoms with Crippen molar-refractivity contribution in [3.05, 3.63) is 41.3 Å². The fourth-order valence-electron chi connectivity index (χ4n) is 2.73. The van der Waals surface area contributed by atoms with Crippen molar-refractivity contribution in [1.29, 1.82) is 0 Å². The fourth-order valence-corrected chi connectivity index (χ4v) is 2.73. The average molecular weight is 259 g/mol. The van der Waals surface area contributed by atoms with Crippen molar-refractivity contribution >= 4 is 0 Å². The number of hydrogen-bond acceptors (Lipinski definition) is 2. The zero-order valence-electron chi connectivity index (χ0n) is 11.0. The lowest BCUT2D eigenvalue weighted by Crippen LogP contribution is -2.26. The van der Waals surface area contributed by atoms with E-state index in [-0.39, 0.29) is 5.82 Å². The molecule has 3 rings (SSSR count). The van der Waals surface area contributed by atoms with Crippen molar-refractivity contribution < 1.29 is 4.39 Å². The molecule has 0 radical (unpaired) electrons. The molecule has 1 aliphatic rings. The Kier molecular flexibility index (Phi) is 3.34. The molecule has 1 aromatic carbocycles. The predicted molar refractivity (Wildman–Crippen MR) is 73.6 cm³/mol. The quantitative estimate of drug-likeness (QED) is 0.870. The van der Waals surface area contributed by atoms with Gasteiger partial charge in [0, 0.05) is 17.2 Å². The molecular weight excluding hydrogens is 241 g/mol. The van der Waals surface area contributed by atoms with Gasteiger partial charge in [0.1, 0.15) is 5.82 Å². The molecular formula is C15H18FN3. The molecule has 2 N–H and O–H groups in total. The third-order valence-electron chi connectivity index (χ3n) is 3.84. The van der Waals surface area contributed by atoms with Gasteiger partial charge in [0.2, 0.25) is 0 Å². The molecule has 0 bridgehead atoms. The first-order valence-electron chi connectivity index (χ1n) is 6.76. The summed E-state index contributed by atoms with van der Waals surface area (Å²) in [6.45, 7) is 4.04. The van der Waals surface area contributed by atoms with Crippen molar-refractivity contribution in [1.82, 2.24) is 15.5 Å². The molecule has 0 saturated carbocycles. The van der Waals surface area contributed by atoms with E-state index < -0.39 is 0 Å². The standard InChI is InChI=1S/C15H18FN3/c1-10-8-12(16)2-3-13(10)15-9-14(18-19-15)11-4-6-17-7-5-11/h2-3,8-9,11,17H,4-7H2,1H3,(H,18,19). The zero-order chi connectivity index (χ0) is 13.2. The van der Waals surface area contributed by atoms with E-state index >= 15 is 0 Å². The largest absolute Gasteiger partial charge is 0.317 e. The van der Waals surface area contributed by atoms with Crippen molar-refractivity contribution in [2.45, 2.75) is 25.7 Å². The summed E-state index contributed by atoms with van der Waals surface area (Å²) in [6.07, 6.45) is 2.29. The van der Waals surface area contributed by atoms with Crippen LogP contribution < -0.4 is 5.32 Å². The van der Waals surface area contributed by atoms with Crippen LogP contribution in [-0.4, -0.2) is 23.3 Å². The maximum absolute atomic E-state index is 13.1. The SMILES string of the molecule is Cc1cc(F)ccc1-c1cc(C2CCNCC2)[nH]n1. The Balaban J connectivity index is 1.87. The van der Waals surface area contributed by atoms with Gasteiger partial charge in [-0.1, -0.05) is 0 Å². The summed E-state index contributed by atoms with van der Waals surface area (Å²) in [4.78, 5) is 0. The van der Waals surface area contributed by atoms with Crippen LogP contribution in [0.25, 0.3) is 11.3 Å². The summed E-state index contributed by atoms with van der Waals surface area (Å²) in [6, 6.07) is 6.94. The molecule has 2 aromatic rings. The van der Waals surface area contributed by atoms with Crippen LogP contribution in [0.4, 0.5) is 4.39 Å². The normalized spacial score (nSPS) is 16.7. The van der Waals surface area contributed by atoms with E-state index in [1.807, 2.05) is 6.92 Å². The average Bonchev–Trinajstić information content (AvgIpc) is 2.89. The van der Waals surface area contributed by atoms with E-state index in [1.54, 1.807) is 12.1 Å². The van der Waals surface area contributed by atoms with Crippen molar-refractivity contribution in [3.63, 3.8) is 0 Å². The Bertz CT molecular complexity index is 571. The van der Waals surface area contributed by atoms with Gasteiger partial charge < -0.3 is 5.32 Å². The Morgan fingerprint density at radius 1 is 1.21 bits per heavy atom. The highest BCUT2D eigenvalue weighted by Crippen LogP contribution is 2.28. The maximum atomic E-state index is 13.1. The van der Waals surface area contributed by atoms with Crippen LogP contribution in [0.1, 0.15) is 30.0 Å². The van der Waals surface area contributed by atoms with E-state index in [9.17, 15) is 4.39 Å². The van der Waals surface area contributed by atoms with Gasteiger partial charge in [0.25, 0.3) is 0 Å². The summed E-state index contributed by atoms with van der Waals surface area (Å²) in [7, 11) is 0. The number of nitrogens with one attached hydrogen (secondary N) is 2. The number of piperidine rings is 1. The molecule has 1 aromatic heterocycles. The molecule has 19 heavy (non-hydrogen) atoms. The lowest BCUT2D eigenvalue weighted by molar-refractivity contribution is 0.453. The highest BCUT2D eigenvalue weighted by Gasteiger charge is 2.18. The Morgan fingerprint density at radius 2 is 2.00 bits per heavy atom. The molecule has 0 aliphatic carbocycles. The monoisotopic (exact) mass is 259 g/mol. The number of nitrogens with zero attached hydrogens (tertiary/aromatic N) is 1. The zero-order valence-corrected chi connectivity index (χ0v) is 11.0. The number of aromatic amines is 1. The van der Waals surface area contributed by atoms with Gasteiger partial charge in [0.15, 0.2) is 0 Å². The Morgan fingerprint density at radius 3 is 2.74 bits per heavy atom. The number of aryl methyl sites for hydroxylation is 1. The first kappa shape index (κ1) is 12.4. The minimum atomic E-state index is -0.199. The second kappa shape index (κ2) is 5.13. The van der Waals surface area contributed by atoms with E-state index in [2.05, 4.69) is 21.6 Å². The number of H-pyrrole nitrogens is 1. The van der Waals surface area contributed by atoms with Crippen LogP contribution in [0, 0.1) is 12.7 Å². The molecule has 3 nitrogen and oxygen atoms in total. The smallest absolute Gasteiger partial charge is 0.123 e. The van der Waals surface area contributed by atoms with Crippen molar-refractivity contribution in [3.8, 4) is 11.3 Å². The van der Waals surface area contributed by atoms with Crippen LogP contribution in [0.15, 0.2) is 24.3 Å². The summed E-state index contributed by atoms with van der Waals surface area (Å²) >= 11 is 0. The first-order chi connectivity index (χ1) is 9.24. The minimum absolute atomic E-state index is 0.199. The summed E-state index contributed by atoms with van der Waals surface area (Å²) in [5.74, 6) is 0.360. The van der Waals surface area contributed by atoms with E-state index in [0.717, 1.165) is 42.8 Å². The molecule has 0 spiro atoms. The second-order valence-electron chi connectivity index (χ2n) is 5.19. The van der Waals surface area contributed by atoms with Gasteiger partial charge in [-0.05, 0) is 62.7 Å². The number of halogens is 1. The second-order valence-corrected chi connectivity index (χ2v) is 5.19. The number of benzene rings is 1. The van der Waals surface area contributed by atoms with Gasteiger partial charge in [-0.2, -0.15) is 5.10 Å². The fraction of sp³-hybridized carbons (Fsp3) is 0.400. The van der Waals surface area contributed by atoms with E-state index in [4.69, 9.17) is 0 Å². The van der Waals surface area contributed by atoms with Crippen LogP contribution >= 0.6 is 0 Å². The van der Waals surface area contributed by atoms with Gasteiger partial charge in [0.05, 0.1) is 5.69 Å². The first-order valence-corrected chi connectivity index (χ1v) is 6.76. The van der Waals surface area contributed by atoms with Crippen LogP contribution in [-0.2, 0) is 0 Å². The van der Waals surface area contributed by atoms with Gasteiger partial charge in [-0.25, -0.2) is 4.39 Å². The lowest BCUT2D eigenvalue weighted by atomic mass is 9.94. The number of hydrogen-bond donors (Lipinski definition) is 2. The molecule has 0 atom stereocenters. The molecule has 4 heteroatoms. The van der Waals surface area contributed by atoms with Crippen molar-refractivity contribution in [2.24, 2.45) is 0 Å². The minimum Gasteiger partial charge on any atom is -0.317 e. The highest BCUT2D eigenvalue weighted by atomic mass is 19.1. The van der Waals surface area contributed by atoms with Gasteiger partial charge >= 0.3 is 0 Å². The molecule has 1 fully saturated rings. The van der Waals surface area contributed by atoms with Crippen molar-refractivity contribution in [2.75, 3.05) is 13.1 Å². The molecule has 100 valence electrons. The topological polar surface area (TPSA) is 40.7 Å². The van der Waals surface area contributed by atoms with Crippen LogP contribution in [0.5, 0.6) is 0 Å². The predicted octanol–water partition coefficient (Wildman–Crippen LogP) is 2.99. The van der Waals surface area contributed by atoms with Gasteiger partial charge in [-0.15, -0.1) is 0 Å². The summed E-state index contributed by atoms with van der Waals surface area (Å²) < 4.78 is 13.1. The maximum Gasteiger partial charge on any atom is 0.123 e.